The smallest absolute Gasteiger partial charge is 0.212 e. The van der Waals surface area contributed by atoms with E-state index in [4.69, 9.17) is 9.72 Å². The summed E-state index contributed by atoms with van der Waals surface area (Å²) in [5.41, 5.74) is 3.38. The summed E-state index contributed by atoms with van der Waals surface area (Å²) < 4.78 is 5.13. The minimum Gasteiger partial charge on any atom is -0.507 e. The number of nitrogens with zero attached hydrogens (tertiary/aromatic N) is 3. The molecule has 1 aliphatic heterocycles. The molecule has 3 heterocycles. The van der Waals surface area contributed by atoms with E-state index in [1.165, 1.54) is 0 Å². The number of anilines is 1. The van der Waals surface area contributed by atoms with Gasteiger partial charge in [-0.3, -0.25) is 0 Å². The van der Waals surface area contributed by atoms with Gasteiger partial charge in [-0.1, -0.05) is 12.1 Å². The topological polar surface area (TPSA) is 70.5 Å². The molecule has 0 atom stereocenters. The molecule has 6 heteroatoms. The highest BCUT2D eigenvalue weighted by molar-refractivity contribution is 5.74. The van der Waals surface area contributed by atoms with Gasteiger partial charge in [-0.05, 0) is 76.4 Å². The van der Waals surface area contributed by atoms with Crippen molar-refractivity contribution in [2.45, 2.75) is 57.7 Å². The zero-order valence-electron chi connectivity index (χ0n) is 20.4. The number of benzene rings is 1. The number of hydrogen-bond acceptors (Lipinski definition) is 6. The quantitative estimate of drug-likeness (QED) is 0.556. The van der Waals surface area contributed by atoms with Crippen LogP contribution in [0.5, 0.6) is 11.6 Å². The molecule has 6 nitrogen and oxygen atoms in total. The lowest BCUT2D eigenvalue weighted by atomic mass is 9.79. The van der Waals surface area contributed by atoms with E-state index >= 15 is 0 Å². The summed E-state index contributed by atoms with van der Waals surface area (Å²) in [5, 5.41) is 14.6. The largest absolute Gasteiger partial charge is 0.507 e. The first-order chi connectivity index (χ1) is 15.6. The number of piperidine rings is 1. The van der Waals surface area contributed by atoms with Crippen molar-refractivity contribution in [3.8, 4) is 34.0 Å². The molecule has 0 spiro atoms. The van der Waals surface area contributed by atoms with Gasteiger partial charge in [0.15, 0.2) is 0 Å². The lowest BCUT2D eigenvalue weighted by Gasteiger charge is -2.49. The number of rotatable bonds is 5. The lowest BCUT2D eigenvalue weighted by molar-refractivity contribution is 0.160. The summed E-state index contributed by atoms with van der Waals surface area (Å²) in [5.74, 6) is 1.67. The molecular formula is C27H34N4O2. The second-order valence-corrected chi connectivity index (χ2v) is 10.3. The van der Waals surface area contributed by atoms with E-state index in [-0.39, 0.29) is 16.8 Å². The number of methoxy groups -OCH3 is 1. The van der Waals surface area contributed by atoms with E-state index in [1.54, 1.807) is 19.4 Å². The first-order valence-electron chi connectivity index (χ1n) is 11.4. The van der Waals surface area contributed by atoms with Gasteiger partial charge in [-0.15, -0.1) is 0 Å². The SMILES string of the molecule is COc1ccc(-c2ccc(-c3cccc(N(C)C4CC(C)(C)NC(C)(C)C4)n3)c(O)c2)cn1. The number of hydrogen-bond donors (Lipinski definition) is 2. The normalized spacial score (nSPS) is 17.5. The van der Waals surface area contributed by atoms with Gasteiger partial charge in [-0.2, -0.15) is 0 Å². The molecule has 0 amide bonds. The summed E-state index contributed by atoms with van der Waals surface area (Å²) in [4.78, 5) is 11.4. The minimum absolute atomic E-state index is 0.0582. The molecule has 1 saturated heterocycles. The highest BCUT2D eigenvalue weighted by atomic mass is 16.5. The zero-order valence-corrected chi connectivity index (χ0v) is 20.4. The highest BCUT2D eigenvalue weighted by Gasteiger charge is 2.39. The van der Waals surface area contributed by atoms with Gasteiger partial charge in [0.2, 0.25) is 5.88 Å². The molecule has 1 aromatic carbocycles. The summed E-state index contributed by atoms with van der Waals surface area (Å²) in [6.07, 6.45) is 3.81. The molecule has 0 saturated carbocycles. The minimum atomic E-state index is 0.0582. The standard InChI is InChI=1S/C27H34N4O2/c1-26(2)15-20(16-27(3,4)30-26)31(5)24-9-7-8-22(29-24)21-12-10-18(14-23(21)32)19-11-13-25(33-6)28-17-19/h7-14,17,20,30,32H,15-16H2,1-6H3. The van der Waals surface area contributed by atoms with Crippen LogP contribution in [0.3, 0.4) is 0 Å². The average Bonchev–Trinajstić information content (AvgIpc) is 2.76. The molecule has 3 aromatic rings. The molecule has 2 aromatic heterocycles. The van der Waals surface area contributed by atoms with Crippen LogP contribution in [0.15, 0.2) is 54.7 Å². The van der Waals surface area contributed by atoms with Crippen LogP contribution < -0.4 is 15.0 Å². The maximum absolute atomic E-state index is 10.8. The molecule has 0 radical (unpaired) electrons. The van der Waals surface area contributed by atoms with Crippen molar-refractivity contribution in [3.63, 3.8) is 0 Å². The van der Waals surface area contributed by atoms with Crippen LogP contribution in [0.2, 0.25) is 0 Å². The third-order valence-electron chi connectivity index (χ3n) is 6.36. The molecule has 1 aliphatic rings. The maximum Gasteiger partial charge on any atom is 0.212 e. The number of phenolic OH excluding ortho intramolecular Hbond substituents is 1. The van der Waals surface area contributed by atoms with Crippen LogP contribution in [0.4, 0.5) is 5.82 Å². The second-order valence-electron chi connectivity index (χ2n) is 10.3. The van der Waals surface area contributed by atoms with Crippen LogP contribution in [0, 0.1) is 0 Å². The Hall–Kier alpha value is -3.12. The van der Waals surface area contributed by atoms with Gasteiger partial charge in [-0.25, -0.2) is 9.97 Å². The van der Waals surface area contributed by atoms with Gasteiger partial charge < -0.3 is 20.1 Å². The van der Waals surface area contributed by atoms with Gasteiger partial charge in [0.05, 0.1) is 12.8 Å². The van der Waals surface area contributed by atoms with Crippen molar-refractivity contribution in [2.75, 3.05) is 19.1 Å². The summed E-state index contributed by atoms with van der Waals surface area (Å²) in [6, 6.07) is 15.8. The van der Waals surface area contributed by atoms with Crippen molar-refractivity contribution in [2.24, 2.45) is 0 Å². The average molecular weight is 447 g/mol. The Morgan fingerprint density at radius 2 is 1.70 bits per heavy atom. The first kappa shape index (κ1) is 23.1. The molecule has 1 fully saturated rings. The monoisotopic (exact) mass is 446 g/mol. The fourth-order valence-corrected chi connectivity index (χ4v) is 5.10. The lowest BCUT2D eigenvalue weighted by Crippen LogP contribution is -2.62. The van der Waals surface area contributed by atoms with Crippen LogP contribution in [-0.4, -0.2) is 46.4 Å². The molecular weight excluding hydrogens is 412 g/mol. The van der Waals surface area contributed by atoms with Crippen LogP contribution in [0.1, 0.15) is 40.5 Å². The predicted molar refractivity (Wildman–Crippen MR) is 134 cm³/mol. The van der Waals surface area contributed by atoms with E-state index in [0.29, 0.717) is 17.5 Å². The third-order valence-corrected chi connectivity index (χ3v) is 6.36. The zero-order chi connectivity index (χ0) is 23.8. The van der Waals surface area contributed by atoms with Crippen molar-refractivity contribution in [3.05, 3.63) is 54.7 Å². The van der Waals surface area contributed by atoms with Crippen LogP contribution >= 0.6 is 0 Å². The molecule has 33 heavy (non-hydrogen) atoms. The van der Waals surface area contributed by atoms with Gasteiger partial charge in [0.25, 0.3) is 0 Å². The van der Waals surface area contributed by atoms with Crippen molar-refractivity contribution in [1.29, 1.82) is 0 Å². The first-order valence-corrected chi connectivity index (χ1v) is 11.4. The fourth-order valence-electron chi connectivity index (χ4n) is 5.10. The van der Waals surface area contributed by atoms with Crippen molar-refractivity contribution >= 4 is 5.82 Å². The van der Waals surface area contributed by atoms with E-state index in [9.17, 15) is 5.11 Å². The fraction of sp³-hybridized carbons (Fsp3) is 0.407. The highest BCUT2D eigenvalue weighted by Crippen LogP contribution is 2.35. The molecule has 0 aliphatic carbocycles. The summed E-state index contributed by atoms with van der Waals surface area (Å²) >= 11 is 0. The van der Waals surface area contributed by atoms with Crippen molar-refractivity contribution in [1.82, 2.24) is 15.3 Å². The maximum atomic E-state index is 10.8. The summed E-state index contributed by atoms with van der Waals surface area (Å²) in [7, 11) is 3.71. The van der Waals surface area contributed by atoms with E-state index < -0.39 is 0 Å². The predicted octanol–water partition coefficient (Wildman–Crippen LogP) is 5.27. The van der Waals surface area contributed by atoms with Gasteiger partial charge >= 0.3 is 0 Å². The summed E-state index contributed by atoms with van der Waals surface area (Å²) in [6.45, 7) is 9.04. The number of phenols is 1. The Morgan fingerprint density at radius 1 is 1.00 bits per heavy atom. The van der Waals surface area contributed by atoms with E-state index in [1.807, 2.05) is 42.5 Å². The van der Waals surface area contributed by atoms with Crippen LogP contribution in [0.25, 0.3) is 22.4 Å². The van der Waals surface area contributed by atoms with Crippen molar-refractivity contribution < 1.29 is 9.84 Å². The Morgan fingerprint density at radius 3 is 2.30 bits per heavy atom. The molecule has 4 rings (SSSR count). The Bertz CT molecular complexity index is 1110. The van der Waals surface area contributed by atoms with E-state index in [0.717, 1.165) is 35.5 Å². The Kier molecular flexibility index (Phi) is 6.06. The number of aromatic hydroxyl groups is 1. The van der Waals surface area contributed by atoms with Gasteiger partial charge in [0.1, 0.15) is 11.6 Å². The van der Waals surface area contributed by atoms with E-state index in [2.05, 4.69) is 49.9 Å². The number of aromatic nitrogens is 2. The number of nitrogens with one attached hydrogen (secondary N) is 1. The van der Waals surface area contributed by atoms with Gasteiger partial charge in [0, 0.05) is 47.6 Å². The molecule has 174 valence electrons. The van der Waals surface area contributed by atoms with Crippen LogP contribution in [-0.2, 0) is 0 Å². The number of pyridine rings is 2. The third kappa shape index (κ3) is 5.11. The number of ether oxygens (including phenoxy) is 1. The second kappa shape index (κ2) is 8.67. The molecule has 0 unspecified atom stereocenters. The Labute approximate surface area is 196 Å². The molecule has 2 N–H and O–H groups in total. The molecule has 0 bridgehead atoms. The Balaban J connectivity index is 1.59.